The molecule has 0 heterocycles. The minimum absolute atomic E-state index is 0.395. The lowest BCUT2D eigenvalue weighted by atomic mass is 10.1. The smallest absolute Gasteiger partial charge is 0.418 e. The number of esters is 2. The number of halogens is 2. The van der Waals surface area contributed by atoms with Gasteiger partial charge in [-0.2, -0.15) is 0 Å². The molecule has 226 valence electrons. The Morgan fingerprint density at radius 1 is 0.581 bits per heavy atom. The van der Waals surface area contributed by atoms with Gasteiger partial charge in [-0.1, -0.05) is 109 Å². The molecule has 0 bridgehead atoms. The van der Waals surface area contributed by atoms with E-state index < -0.39 is 40.7 Å². The molecule has 3 atom stereocenters. The van der Waals surface area contributed by atoms with Gasteiger partial charge in [-0.25, -0.2) is 9.59 Å². The largest absolute Gasteiger partial charge is 0.449 e. The fourth-order valence-corrected chi connectivity index (χ4v) is 3.47. The van der Waals surface area contributed by atoms with Crippen molar-refractivity contribution in [3.8, 4) is 0 Å². The van der Waals surface area contributed by atoms with Gasteiger partial charge in [-0.15, -0.1) is 19.7 Å². The fourth-order valence-electron chi connectivity index (χ4n) is 3.47. The molecule has 0 amide bonds. The van der Waals surface area contributed by atoms with Crippen LogP contribution >= 0.6 is 23.2 Å². The van der Waals surface area contributed by atoms with E-state index in [0.717, 1.165) is 16.7 Å². The molecule has 0 aliphatic rings. The third-order valence-electron chi connectivity index (χ3n) is 5.50. The van der Waals surface area contributed by atoms with Gasteiger partial charge in [0.05, 0.1) is 6.10 Å². The molecule has 0 saturated heterocycles. The van der Waals surface area contributed by atoms with Gasteiger partial charge in [0.2, 0.25) is 0 Å². The van der Waals surface area contributed by atoms with Crippen LogP contribution in [0.25, 0.3) is 0 Å². The Kier molecular flexibility index (Phi) is 18.3. The standard InChI is InChI=1S/C22H22O4.C10H12O.C2Cl2O2/c1-3-11-19(17-13-7-5-8-14-17)25-21(23)22(24)26-20(12-4-2)18-15-9-6-10-16-18;1-2-6-10(11)9-7-4-3-5-8-9;3-1(5)2(4)6/h3-10,13-16,19-20H,1-2,11-12H2;2-5,7-8,10-11H,1,6H2;. The Balaban J connectivity index is 0.000000444. The van der Waals surface area contributed by atoms with E-state index >= 15 is 0 Å². The molecule has 43 heavy (non-hydrogen) atoms. The second-order valence-electron chi connectivity index (χ2n) is 8.66. The van der Waals surface area contributed by atoms with Crippen molar-refractivity contribution in [1.29, 1.82) is 0 Å². The SMILES string of the molecule is C=CCC(O)c1ccccc1.C=CCC(OC(=O)C(=O)OC(CC=C)c1ccccc1)c1ccccc1.O=C(Cl)C(=O)Cl. The molecule has 3 aromatic carbocycles. The highest BCUT2D eigenvalue weighted by atomic mass is 35.5. The van der Waals surface area contributed by atoms with E-state index in [2.05, 4.69) is 42.9 Å². The highest BCUT2D eigenvalue weighted by Crippen LogP contribution is 2.24. The summed E-state index contributed by atoms with van der Waals surface area (Å²) < 4.78 is 10.7. The molecule has 0 fully saturated rings. The van der Waals surface area contributed by atoms with Crippen LogP contribution in [0.4, 0.5) is 0 Å². The van der Waals surface area contributed by atoms with Crippen LogP contribution in [-0.2, 0) is 28.7 Å². The molecule has 3 rings (SSSR count). The lowest BCUT2D eigenvalue weighted by molar-refractivity contribution is -0.174. The van der Waals surface area contributed by atoms with E-state index in [1.165, 1.54) is 0 Å². The van der Waals surface area contributed by atoms with Crippen molar-refractivity contribution in [2.75, 3.05) is 0 Å². The number of carbonyl (C=O) groups is 4. The molecule has 1 N–H and O–H groups in total. The van der Waals surface area contributed by atoms with Gasteiger partial charge in [0, 0.05) is 12.8 Å². The van der Waals surface area contributed by atoms with Crippen LogP contribution in [-0.4, -0.2) is 27.5 Å². The van der Waals surface area contributed by atoms with E-state index in [0.29, 0.717) is 19.3 Å². The third-order valence-corrected chi connectivity index (χ3v) is 5.94. The molecule has 3 unspecified atom stereocenters. The van der Waals surface area contributed by atoms with Gasteiger partial charge in [0.25, 0.3) is 0 Å². The molecule has 0 aliphatic heterocycles. The topological polar surface area (TPSA) is 107 Å². The lowest BCUT2D eigenvalue weighted by Crippen LogP contribution is -2.24. The number of benzene rings is 3. The van der Waals surface area contributed by atoms with Gasteiger partial charge in [-0.3, -0.25) is 9.59 Å². The van der Waals surface area contributed by atoms with Crippen molar-refractivity contribution in [2.45, 2.75) is 37.6 Å². The van der Waals surface area contributed by atoms with Crippen molar-refractivity contribution in [1.82, 2.24) is 0 Å². The molecule has 0 aromatic heterocycles. The highest BCUT2D eigenvalue weighted by molar-refractivity contribution is 6.97. The zero-order chi connectivity index (χ0) is 32.0. The first-order chi connectivity index (χ1) is 20.6. The van der Waals surface area contributed by atoms with Crippen LogP contribution < -0.4 is 0 Å². The van der Waals surface area contributed by atoms with Crippen molar-refractivity contribution >= 4 is 45.6 Å². The monoisotopic (exact) mass is 624 g/mol. The van der Waals surface area contributed by atoms with Crippen molar-refractivity contribution in [3.63, 3.8) is 0 Å². The van der Waals surface area contributed by atoms with Gasteiger partial charge in [-0.05, 0) is 46.3 Å². The van der Waals surface area contributed by atoms with Crippen LogP contribution in [0.15, 0.2) is 129 Å². The van der Waals surface area contributed by atoms with Crippen LogP contribution in [0, 0.1) is 0 Å². The summed E-state index contributed by atoms with van der Waals surface area (Å²) in [6, 6.07) is 28.0. The number of aliphatic hydroxyl groups excluding tert-OH is 1. The maximum Gasteiger partial charge on any atom is 0.418 e. The predicted molar refractivity (Wildman–Crippen MR) is 168 cm³/mol. The molecule has 0 spiro atoms. The molecule has 7 nitrogen and oxygen atoms in total. The first-order valence-corrected chi connectivity index (χ1v) is 13.9. The minimum atomic E-state index is -1.14. The number of hydrogen-bond acceptors (Lipinski definition) is 7. The van der Waals surface area contributed by atoms with Crippen molar-refractivity contribution in [3.05, 3.63) is 146 Å². The Morgan fingerprint density at radius 2 is 0.884 bits per heavy atom. The quantitative estimate of drug-likeness (QED) is 0.0960. The van der Waals surface area contributed by atoms with Gasteiger partial charge >= 0.3 is 22.4 Å². The molecule has 0 aliphatic carbocycles. The van der Waals surface area contributed by atoms with E-state index in [1.54, 1.807) is 18.2 Å². The number of ether oxygens (including phenoxy) is 2. The average Bonchev–Trinajstić information content (AvgIpc) is 3.02. The lowest BCUT2D eigenvalue weighted by Gasteiger charge is -2.19. The molecule has 0 saturated carbocycles. The van der Waals surface area contributed by atoms with E-state index in [-0.39, 0.29) is 0 Å². The normalized spacial score (nSPS) is 11.8. The zero-order valence-electron chi connectivity index (χ0n) is 23.5. The molecular formula is C34H34Cl2O7. The number of aliphatic hydroxyl groups is 1. The summed E-state index contributed by atoms with van der Waals surface area (Å²) in [5.74, 6) is -2.05. The second-order valence-corrected chi connectivity index (χ2v) is 9.34. The van der Waals surface area contributed by atoms with E-state index in [4.69, 9.17) is 9.47 Å². The van der Waals surface area contributed by atoms with Gasteiger partial charge in [0.15, 0.2) is 0 Å². The Morgan fingerprint density at radius 3 is 1.16 bits per heavy atom. The maximum absolute atomic E-state index is 12.2. The van der Waals surface area contributed by atoms with E-state index in [1.807, 2.05) is 91.0 Å². The molecule has 0 radical (unpaired) electrons. The van der Waals surface area contributed by atoms with Crippen LogP contribution in [0.2, 0.25) is 0 Å². The third kappa shape index (κ3) is 14.9. The first kappa shape index (κ1) is 36.7. The summed E-state index contributed by atoms with van der Waals surface area (Å²) in [4.78, 5) is 43.3. The Labute approximate surface area is 262 Å². The van der Waals surface area contributed by atoms with Crippen LogP contribution in [0.3, 0.4) is 0 Å². The van der Waals surface area contributed by atoms with Crippen molar-refractivity contribution < 1.29 is 33.8 Å². The summed E-state index contributed by atoms with van der Waals surface area (Å²) in [5, 5.41) is 7.17. The number of carbonyl (C=O) groups excluding carboxylic acids is 4. The van der Waals surface area contributed by atoms with Crippen molar-refractivity contribution in [2.24, 2.45) is 0 Å². The number of rotatable bonds is 12. The summed E-state index contributed by atoms with van der Waals surface area (Å²) in [7, 11) is 0. The van der Waals surface area contributed by atoms with Crippen LogP contribution in [0.5, 0.6) is 0 Å². The minimum Gasteiger partial charge on any atom is -0.449 e. The second kappa shape index (κ2) is 21.4. The molecular weight excluding hydrogens is 591 g/mol. The summed E-state index contributed by atoms with van der Waals surface area (Å²) in [6.45, 7) is 10.9. The summed E-state index contributed by atoms with van der Waals surface area (Å²) in [6.07, 6.45) is 4.86. The average molecular weight is 626 g/mol. The molecule has 9 heteroatoms. The maximum atomic E-state index is 12.2. The highest BCUT2D eigenvalue weighted by Gasteiger charge is 2.26. The summed E-state index contributed by atoms with van der Waals surface area (Å²) >= 11 is 8.98. The van der Waals surface area contributed by atoms with Crippen LogP contribution in [0.1, 0.15) is 54.3 Å². The van der Waals surface area contributed by atoms with Gasteiger partial charge in [0.1, 0.15) is 12.2 Å². The predicted octanol–water partition coefficient (Wildman–Crippen LogP) is 7.52. The fraction of sp³-hybridized carbons (Fsp3) is 0.176. The first-order valence-electron chi connectivity index (χ1n) is 13.1. The molecule has 3 aromatic rings. The summed E-state index contributed by atoms with van der Waals surface area (Å²) in [5.41, 5.74) is 2.53. The Bertz CT molecular complexity index is 1230. The van der Waals surface area contributed by atoms with Gasteiger partial charge < -0.3 is 14.6 Å². The number of hydrogen-bond donors (Lipinski definition) is 1. The van der Waals surface area contributed by atoms with E-state index in [9.17, 15) is 24.3 Å². The Hall–Kier alpha value is -4.30. The zero-order valence-corrected chi connectivity index (χ0v) is 25.0.